The zero-order valence-electron chi connectivity index (χ0n) is 15.2. The smallest absolute Gasteiger partial charge is 0.222 e. The van der Waals surface area contributed by atoms with E-state index in [1.54, 1.807) is 4.68 Å². The summed E-state index contributed by atoms with van der Waals surface area (Å²) < 4.78 is 4.65. The van der Waals surface area contributed by atoms with Crippen molar-refractivity contribution in [1.29, 1.82) is 0 Å². The number of carbonyl (C=O) groups is 1. The van der Waals surface area contributed by atoms with Crippen LogP contribution in [-0.2, 0) is 17.9 Å². The van der Waals surface area contributed by atoms with Crippen LogP contribution in [0.25, 0.3) is 5.69 Å². The van der Waals surface area contributed by atoms with E-state index in [-0.39, 0.29) is 5.91 Å². The number of nitrogens with zero attached hydrogens (tertiary/aromatic N) is 4. The molecule has 0 unspecified atom stereocenters. The van der Waals surface area contributed by atoms with Crippen molar-refractivity contribution < 1.29 is 4.79 Å². The summed E-state index contributed by atoms with van der Waals surface area (Å²) in [7, 11) is 0. The highest BCUT2D eigenvalue weighted by Gasteiger charge is 2.13. The molecular weight excluding hydrogens is 394 g/mol. The Morgan fingerprint density at radius 2 is 1.85 bits per heavy atom. The molecule has 0 spiro atoms. The number of halogens is 1. The van der Waals surface area contributed by atoms with Crippen molar-refractivity contribution in [2.24, 2.45) is 0 Å². The molecule has 0 radical (unpaired) electrons. The largest absolute Gasteiger partial charge is 0.352 e. The average Bonchev–Trinajstić information content (AvgIpc) is 3.10. The van der Waals surface area contributed by atoms with Crippen molar-refractivity contribution in [3.8, 4) is 5.69 Å². The normalized spacial score (nSPS) is 10.9. The number of hydrogen-bond donors (Lipinski definition) is 1. The van der Waals surface area contributed by atoms with Crippen molar-refractivity contribution in [3.63, 3.8) is 0 Å². The average molecular weight is 416 g/mol. The van der Waals surface area contributed by atoms with Gasteiger partial charge in [-0.25, -0.2) is 4.68 Å². The van der Waals surface area contributed by atoms with Crippen molar-refractivity contribution in [2.75, 3.05) is 0 Å². The fourth-order valence-electron chi connectivity index (χ4n) is 2.85. The van der Waals surface area contributed by atoms with E-state index >= 15 is 0 Å². The Morgan fingerprint density at radius 1 is 1.12 bits per heavy atom. The van der Waals surface area contributed by atoms with Crippen LogP contribution >= 0.6 is 15.9 Å². The minimum atomic E-state index is 0.000497. The van der Waals surface area contributed by atoms with Crippen LogP contribution in [0.1, 0.15) is 29.1 Å². The van der Waals surface area contributed by atoms with Crippen LogP contribution in [0.3, 0.4) is 0 Å². The summed E-state index contributed by atoms with van der Waals surface area (Å²) in [6.45, 7) is 6.96. The van der Waals surface area contributed by atoms with Gasteiger partial charge in [0.2, 0.25) is 5.91 Å². The molecule has 6 nitrogen and oxygen atoms in total. The van der Waals surface area contributed by atoms with Crippen LogP contribution in [0.5, 0.6) is 0 Å². The standard InChI is InChI=1S/C19H22BrN5O/c1-13-17(15(3)25(23-13)16-7-5-4-6-8-16)11-21-19(26)9-10-24-12-18(20)14(2)22-24/h4-8,12H,9-11H2,1-3H3,(H,21,26). The molecule has 0 aliphatic heterocycles. The van der Waals surface area contributed by atoms with Crippen LogP contribution in [0.2, 0.25) is 0 Å². The monoisotopic (exact) mass is 415 g/mol. The third-order valence-electron chi connectivity index (χ3n) is 4.36. The highest BCUT2D eigenvalue weighted by Crippen LogP contribution is 2.18. The van der Waals surface area contributed by atoms with Gasteiger partial charge >= 0.3 is 0 Å². The summed E-state index contributed by atoms with van der Waals surface area (Å²) in [6.07, 6.45) is 2.28. The molecule has 0 fully saturated rings. The second-order valence-corrected chi connectivity index (χ2v) is 7.10. The quantitative estimate of drug-likeness (QED) is 0.670. The number of rotatable bonds is 6. The number of aromatic nitrogens is 4. The van der Waals surface area contributed by atoms with Gasteiger partial charge in [0.05, 0.1) is 21.5 Å². The molecule has 1 amide bonds. The Labute approximate surface area is 161 Å². The van der Waals surface area contributed by atoms with E-state index in [1.165, 1.54) is 0 Å². The number of carbonyl (C=O) groups excluding carboxylic acids is 1. The summed E-state index contributed by atoms with van der Waals surface area (Å²) in [4.78, 5) is 12.2. The predicted octanol–water partition coefficient (Wildman–Crippen LogP) is 3.46. The first kappa shape index (κ1) is 18.4. The summed E-state index contributed by atoms with van der Waals surface area (Å²) in [5, 5.41) is 11.9. The molecule has 2 heterocycles. The Bertz CT molecular complexity index is 894. The van der Waals surface area contributed by atoms with E-state index in [2.05, 4.69) is 31.4 Å². The van der Waals surface area contributed by atoms with E-state index in [4.69, 9.17) is 0 Å². The molecule has 0 aliphatic rings. The van der Waals surface area contributed by atoms with Crippen molar-refractivity contribution >= 4 is 21.8 Å². The zero-order valence-corrected chi connectivity index (χ0v) is 16.7. The Morgan fingerprint density at radius 3 is 2.50 bits per heavy atom. The fourth-order valence-corrected chi connectivity index (χ4v) is 3.17. The fraction of sp³-hybridized carbons (Fsp3) is 0.316. The second-order valence-electron chi connectivity index (χ2n) is 6.25. The van der Waals surface area contributed by atoms with Gasteiger partial charge in [0.25, 0.3) is 0 Å². The van der Waals surface area contributed by atoms with Crippen LogP contribution in [0, 0.1) is 20.8 Å². The summed E-state index contributed by atoms with van der Waals surface area (Å²) >= 11 is 3.43. The second kappa shape index (κ2) is 7.86. The first-order chi connectivity index (χ1) is 12.5. The van der Waals surface area contributed by atoms with E-state index < -0.39 is 0 Å². The number of amides is 1. The molecule has 136 valence electrons. The summed E-state index contributed by atoms with van der Waals surface area (Å²) in [5.74, 6) is 0.000497. The van der Waals surface area contributed by atoms with E-state index in [9.17, 15) is 4.79 Å². The predicted molar refractivity (Wildman–Crippen MR) is 104 cm³/mol. The third kappa shape index (κ3) is 4.04. The summed E-state index contributed by atoms with van der Waals surface area (Å²) in [5.41, 5.74) is 4.97. The van der Waals surface area contributed by atoms with E-state index in [0.717, 1.165) is 32.8 Å². The molecular formula is C19H22BrN5O. The molecule has 1 N–H and O–H groups in total. The Balaban J connectivity index is 1.61. The maximum Gasteiger partial charge on any atom is 0.222 e. The van der Waals surface area contributed by atoms with Crippen LogP contribution < -0.4 is 5.32 Å². The molecule has 0 bridgehead atoms. The number of aryl methyl sites for hydroxylation is 3. The molecule has 0 saturated heterocycles. The number of nitrogens with one attached hydrogen (secondary N) is 1. The van der Waals surface area contributed by atoms with Gasteiger partial charge in [-0.3, -0.25) is 9.48 Å². The Hall–Kier alpha value is -2.41. The van der Waals surface area contributed by atoms with Crippen LogP contribution in [0.15, 0.2) is 41.0 Å². The van der Waals surface area contributed by atoms with Crippen molar-refractivity contribution in [3.05, 3.63) is 63.6 Å². The maximum absolute atomic E-state index is 12.2. The van der Waals surface area contributed by atoms with Gasteiger partial charge in [0, 0.05) is 37.0 Å². The number of para-hydroxylation sites is 1. The number of benzene rings is 1. The van der Waals surface area contributed by atoms with Crippen molar-refractivity contribution in [1.82, 2.24) is 24.9 Å². The van der Waals surface area contributed by atoms with Gasteiger partial charge < -0.3 is 5.32 Å². The minimum absolute atomic E-state index is 0.000497. The number of hydrogen-bond acceptors (Lipinski definition) is 3. The van der Waals surface area contributed by atoms with Crippen molar-refractivity contribution in [2.45, 2.75) is 40.3 Å². The first-order valence-corrected chi connectivity index (χ1v) is 9.31. The first-order valence-electron chi connectivity index (χ1n) is 8.52. The van der Waals surface area contributed by atoms with Gasteiger partial charge in [-0.05, 0) is 48.8 Å². The lowest BCUT2D eigenvalue weighted by molar-refractivity contribution is -0.121. The molecule has 3 rings (SSSR count). The summed E-state index contributed by atoms with van der Waals surface area (Å²) in [6, 6.07) is 10.00. The third-order valence-corrected chi connectivity index (χ3v) is 5.14. The topological polar surface area (TPSA) is 64.7 Å². The van der Waals surface area contributed by atoms with E-state index in [1.807, 2.05) is 62.0 Å². The molecule has 0 atom stereocenters. The highest BCUT2D eigenvalue weighted by atomic mass is 79.9. The highest BCUT2D eigenvalue weighted by molar-refractivity contribution is 9.10. The lowest BCUT2D eigenvalue weighted by Gasteiger charge is -2.07. The van der Waals surface area contributed by atoms with E-state index in [0.29, 0.717) is 19.5 Å². The SMILES string of the molecule is Cc1nn(CCC(=O)NCc2c(C)nn(-c3ccccc3)c2C)cc1Br. The lowest BCUT2D eigenvalue weighted by atomic mass is 10.2. The van der Waals surface area contributed by atoms with Gasteiger partial charge in [-0.15, -0.1) is 0 Å². The van der Waals surface area contributed by atoms with Crippen LogP contribution in [0.4, 0.5) is 0 Å². The molecule has 3 aromatic rings. The lowest BCUT2D eigenvalue weighted by Crippen LogP contribution is -2.24. The molecule has 0 saturated carbocycles. The Kier molecular flexibility index (Phi) is 5.56. The maximum atomic E-state index is 12.2. The zero-order chi connectivity index (χ0) is 18.7. The van der Waals surface area contributed by atoms with Crippen LogP contribution in [-0.4, -0.2) is 25.5 Å². The van der Waals surface area contributed by atoms with Gasteiger partial charge in [-0.1, -0.05) is 18.2 Å². The van der Waals surface area contributed by atoms with Gasteiger partial charge in [0.1, 0.15) is 0 Å². The van der Waals surface area contributed by atoms with Gasteiger partial charge in [0.15, 0.2) is 0 Å². The van der Waals surface area contributed by atoms with Gasteiger partial charge in [-0.2, -0.15) is 10.2 Å². The molecule has 0 aliphatic carbocycles. The molecule has 26 heavy (non-hydrogen) atoms. The minimum Gasteiger partial charge on any atom is -0.352 e. The molecule has 1 aromatic carbocycles. The molecule has 2 aromatic heterocycles. The molecule has 7 heteroatoms.